The van der Waals surface area contributed by atoms with Gasteiger partial charge in [-0.05, 0) is 51.0 Å². The van der Waals surface area contributed by atoms with Gasteiger partial charge in [0.25, 0.3) is 0 Å². The third-order valence-electron chi connectivity index (χ3n) is 6.81. The predicted molar refractivity (Wildman–Crippen MR) is 138 cm³/mol. The fourth-order valence-corrected chi connectivity index (χ4v) is 5.04. The first-order valence-corrected chi connectivity index (χ1v) is 12.4. The first-order chi connectivity index (χ1) is 16.1. The van der Waals surface area contributed by atoms with Crippen LogP contribution in [0.4, 0.5) is 17.2 Å². The van der Waals surface area contributed by atoms with Gasteiger partial charge < -0.3 is 19.4 Å². The van der Waals surface area contributed by atoms with Gasteiger partial charge in [0.2, 0.25) is 0 Å². The van der Waals surface area contributed by atoms with Crippen molar-refractivity contribution < 1.29 is 4.74 Å². The number of rotatable bonds is 7. The highest BCUT2D eigenvalue weighted by molar-refractivity contribution is 6.34. The summed E-state index contributed by atoms with van der Waals surface area (Å²) in [6.45, 7) is 9.78. The maximum atomic E-state index is 6.72. The lowest BCUT2D eigenvalue weighted by atomic mass is 10.1. The standard InChI is InChI=1S/C26H32ClN5O/c1-4-30(5-2)23-16-19-21(17-20(23)27)28-25(18-10-11-18)29-26(19)32-14-12-31(13-15-32)22-8-6-7-9-24(22)33-3/h6-9,16-18H,4-5,10-15H2,1-3H3. The topological polar surface area (TPSA) is 44.7 Å². The zero-order valence-corrected chi connectivity index (χ0v) is 20.5. The van der Waals surface area contributed by atoms with E-state index in [0.29, 0.717) is 5.92 Å². The van der Waals surface area contributed by atoms with Crippen LogP contribution in [-0.2, 0) is 0 Å². The lowest BCUT2D eigenvalue weighted by Gasteiger charge is -2.37. The highest BCUT2D eigenvalue weighted by Crippen LogP contribution is 2.41. The summed E-state index contributed by atoms with van der Waals surface area (Å²) in [6, 6.07) is 12.5. The van der Waals surface area contributed by atoms with Crippen molar-refractivity contribution in [3.05, 3.63) is 47.2 Å². The lowest BCUT2D eigenvalue weighted by Crippen LogP contribution is -2.47. The Morgan fingerprint density at radius 2 is 1.70 bits per heavy atom. The quantitative estimate of drug-likeness (QED) is 0.469. The third kappa shape index (κ3) is 4.29. The Bertz CT molecular complexity index is 1140. The van der Waals surface area contributed by atoms with Crippen LogP contribution in [0.25, 0.3) is 10.9 Å². The lowest BCUT2D eigenvalue weighted by molar-refractivity contribution is 0.413. The molecule has 0 bridgehead atoms. The second-order valence-corrected chi connectivity index (χ2v) is 9.23. The van der Waals surface area contributed by atoms with E-state index in [2.05, 4.69) is 46.7 Å². The number of piperazine rings is 1. The van der Waals surface area contributed by atoms with Crippen LogP contribution in [0, 0.1) is 0 Å². The van der Waals surface area contributed by atoms with Gasteiger partial charge in [-0.2, -0.15) is 0 Å². The number of methoxy groups -OCH3 is 1. The normalized spacial score (nSPS) is 16.4. The molecule has 1 aliphatic carbocycles. The van der Waals surface area contributed by atoms with Gasteiger partial charge in [0.05, 0.1) is 29.0 Å². The van der Waals surface area contributed by atoms with Crippen molar-refractivity contribution in [2.45, 2.75) is 32.6 Å². The van der Waals surface area contributed by atoms with Gasteiger partial charge in [0, 0.05) is 50.6 Å². The summed E-state index contributed by atoms with van der Waals surface area (Å²) in [6.07, 6.45) is 2.36. The number of anilines is 3. The zero-order valence-electron chi connectivity index (χ0n) is 19.7. The van der Waals surface area contributed by atoms with E-state index in [0.717, 1.165) is 84.0 Å². The first-order valence-electron chi connectivity index (χ1n) is 12.0. The van der Waals surface area contributed by atoms with Crippen LogP contribution in [0.15, 0.2) is 36.4 Å². The van der Waals surface area contributed by atoms with E-state index < -0.39 is 0 Å². The molecule has 0 amide bonds. The van der Waals surface area contributed by atoms with E-state index in [9.17, 15) is 0 Å². The van der Waals surface area contributed by atoms with E-state index in [-0.39, 0.29) is 0 Å². The fraction of sp³-hybridized carbons (Fsp3) is 0.462. The molecule has 7 heteroatoms. The molecule has 2 fully saturated rings. The molecular formula is C26H32ClN5O. The molecular weight excluding hydrogens is 434 g/mol. The molecule has 33 heavy (non-hydrogen) atoms. The summed E-state index contributed by atoms with van der Waals surface area (Å²) in [4.78, 5) is 17.1. The van der Waals surface area contributed by atoms with E-state index in [4.69, 9.17) is 26.3 Å². The predicted octanol–water partition coefficient (Wildman–Crippen LogP) is 5.34. The molecule has 1 saturated heterocycles. The molecule has 3 aromatic rings. The molecule has 1 aliphatic heterocycles. The van der Waals surface area contributed by atoms with Crippen molar-refractivity contribution in [3.63, 3.8) is 0 Å². The van der Waals surface area contributed by atoms with E-state index >= 15 is 0 Å². The minimum atomic E-state index is 0.490. The maximum Gasteiger partial charge on any atom is 0.142 e. The number of para-hydroxylation sites is 2. The number of hydrogen-bond donors (Lipinski definition) is 0. The molecule has 2 aliphatic rings. The number of halogens is 1. The van der Waals surface area contributed by atoms with Gasteiger partial charge in [-0.25, -0.2) is 9.97 Å². The summed E-state index contributed by atoms with van der Waals surface area (Å²) in [5.41, 5.74) is 3.17. The molecule has 6 nitrogen and oxygen atoms in total. The Morgan fingerprint density at radius 3 is 2.36 bits per heavy atom. The second kappa shape index (κ2) is 9.26. The average Bonchev–Trinajstić information content (AvgIpc) is 3.70. The molecule has 5 rings (SSSR count). The van der Waals surface area contributed by atoms with Crippen molar-refractivity contribution in [3.8, 4) is 5.75 Å². The van der Waals surface area contributed by atoms with Crippen molar-refractivity contribution in [1.82, 2.24) is 9.97 Å². The SMILES string of the molecule is CCN(CC)c1cc2c(N3CCN(c4ccccc4OC)CC3)nc(C3CC3)nc2cc1Cl. The number of aromatic nitrogens is 2. The minimum Gasteiger partial charge on any atom is -0.495 e. The van der Waals surface area contributed by atoms with Crippen LogP contribution in [0.2, 0.25) is 5.02 Å². The number of ether oxygens (including phenoxy) is 1. The molecule has 1 saturated carbocycles. The first kappa shape index (κ1) is 22.1. The number of benzene rings is 2. The monoisotopic (exact) mass is 465 g/mol. The van der Waals surface area contributed by atoms with Gasteiger partial charge >= 0.3 is 0 Å². The van der Waals surface area contributed by atoms with Crippen molar-refractivity contribution in [1.29, 1.82) is 0 Å². The number of nitrogens with zero attached hydrogens (tertiary/aromatic N) is 5. The summed E-state index contributed by atoms with van der Waals surface area (Å²) < 4.78 is 5.59. The number of fused-ring (bicyclic) bond motifs is 1. The maximum absolute atomic E-state index is 6.72. The number of hydrogen-bond acceptors (Lipinski definition) is 6. The summed E-state index contributed by atoms with van der Waals surface area (Å²) >= 11 is 6.72. The molecule has 0 atom stereocenters. The Kier molecular flexibility index (Phi) is 6.19. The Hall–Kier alpha value is -2.73. The van der Waals surface area contributed by atoms with Crippen LogP contribution >= 0.6 is 11.6 Å². The molecule has 0 N–H and O–H groups in total. The zero-order chi connectivity index (χ0) is 22.9. The summed E-state index contributed by atoms with van der Waals surface area (Å²) in [7, 11) is 1.74. The highest BCUT2D eigenvalue weighted by atomic mass is 35.5. The molecule has 0 unspecified atom stereocenters. The van der Waals surface area contributed by atoms with Gasteiger partial charge in [-0.3, -0.25) is 0 Å². The third-order valence-corrected chi connectivity index (χ3v) is 7.12. The smallest absolute Gasteiger partial charge is 0.142 e. The van der Waals surface area contributed by atoms with Gasteiger partial charge in [0.15, 0.2) is 0 Å². The van der Waals surface area contributed by atoms with Crippen molar-refractivity contribution in [2.24, 2.45) is 0 Å². The largest absolute Gasteiger partial charge is 0.495 e. The second-order valence-electron chi connectivity index (χ2n) is 8.82. The van der Waals surface area contributed by atoms with E-state index in [1.807, 2.05) is 18.2 Å². The molecule has 2 aromatic carbocycles. The van der Waals surface area contributed by atoms with Gasteiger partial charge in [0.1, 0.15) is 17.4 Å². The van der Waals surface area contributed by atoms with Gasteiger partial charge in [-0.1, -0.05) is 23.7 Å². The van der Waals surface area contributed by atoms with E-state index in [1.54, 1.807) is 7.11 Å². The van der Waals surface area contributed by atoms with Crippen LogP contribution < -0.4 is 19.4 Å². The van der Waals surface area contributed by atoms with Crippen LogP contribution in [0.1, 0.15) is 38.4 Å². The van der Waals surface area contributed by atoms with Crippen LogP contribution in [-0.4, -0.2) is 56.3 Å². The minimum absolute atomic E-state index is 0.490. The summed E-state index contributed by atoms with van der Waals surface area (Å²) in [5, 5.41) is 1.86. The Labute approximate surface area is 201 Å². The average molecular weight is 466 g/mol. The Morgan fingerprint density at radius 1 is 1.00 bits per heavy atom. The molecule has 0 spiro atoms. The van der Waals surface area contributed by atoms with E-state index in [1.165, 1.54) is 12.8 Å². The van der Waals surface area contributed by atoms with Crippen LogP contribution in [0.5, 0.6) is 5.75 Å². The van der Waals surface area contributed by atoms with Crippen LogP contribution in [0.3, 0.4) is 0 Å². The highest BCUT2D eigenvalue weighted by Gasteiger charge is 2.30. The molecule has 0 radical (unpaired) electrons. The Balaban J connectivity index is 1.49. The van der Waals surface area contributed by atoms with Crippen molar-refractivity contribution in [2.75, 3.05) is 61.1 Å². The fourth-order valence-electron chi connectivity index (χ4n) is 4.76. The summed E-state index contributed by atoms with van der Waals surface area (Å²) in [5.74, 6) is 3.43. The molecule has 1 aromatic heterocycles. The molecule has 174 valence electrons. The van der Waals surface area contributed by atoms with Crippen molar-refractivity contribution >= 4 is 39.7 Å². The molecule has 2 heterocycles. The van der Waals surface area contributed by atoms with Gasteiger partial charge in [-0.15, -0.1) is 0 Å².